The Balaban J connectivity index is 1.78. The van der Waals surface area contributed by atoms with Gasteiger partial charge < -0.3 is 4.74 Å². The third kappa shape index (κ3) is 5.57. The Bertz CT molecular complexity index is 715. The van der Waals surface area contributed by atoms with Gasteiger partial charge in [0.25, 0.3) is 11.8 Å². The van der Waals surface area contributed by atoms with Gasteiger partial charge in [-0.1, -0.05) is 30.3 Å². The van der Waals surface area contributed by atoms with Gasteiger partial charge in [0.05, 0.1) is 0 Å². The van der Waals surface area contributed by atoms with Crippen molar-refractivity contribution in [3.05, 3.63) is 72.1 Å². The number of carbonyl (C=O) groups excluding carboxylic acids is 2. The Kier molecular flexibility index (Phi) is 6.08. The van der Waals surface area contributed by atoms with Crippen molar-refractivity contribution in [1.82, 2.24) is 10.9 Å². The molecule has 0 heterocycles. The molecule has 2 aromatic rings. The summed E-state index contributed by atoms with van der Waals surface area (Å²) >= 11 is 0. The van der Waals surface area contributed by atoms with Gasteiger partial charge in [0.15, 0.2) is 6.10 Å². The fourth-order valence-electron chi connectivity index (χ4n) is 1.77. The molecule has 124 valence electrons. The molecule has 0 spiro atoms. The number of carbonyl (C=O) groups is 2. The van der Waals surface area contributed by atoms with Crippen LogP contribution in [0, 0.1) is 5.82 Å². The van der Waals surface area contributed by atoms with Crippen LogP contribution in [0.3, 0.4) is 0 Å². The van der Waals surface area contributed by atoms with Crippen LogP contribution in [0.25, 0.3) is 6.08 Å². The maximum Gasteiger partial charge on any atom is 0.279 e. The summed E-state index contributed by atoms with van der Waals surface area (Å²) < 4.78 is 18.1. The van der Waals surface area contributed by atoms with Gasteiger partial charge >= 0.3 is 0 Å². The second kappa shape index (κ2) is 8.47. The first kappa shape index (κ1) is 17.2. The number of hydrogen-bond donors (Lipinski definition) is 2. The maximum absolute atomic E-state index is 12.8. The molecule has 2 amide bonds. The maximum atomic E-state index is 12.8. The van der Waals surface area contributed by atoms with Crippen molar-refractivity contribution < 1.29 is 18.7 Å². The molecule has 5 nitrogen and oxygen atoms in total. The quantitative estimate of drug-likeness (QED) is 0.654. The number of hydrazine groups is 1. The Morgan fingerprint density at radius 2 is 1.71 bits per heavy atom. The minimum absolute atomic E-state index is 0.356. The summed E-state index contributed by atoms with van der Waals surface area (Å²) in [5, 5.41) is 0. The highest BCUT2D eigenvalue weighted by Gasteiger charge is 2.14. The molecule has 2 aromatic carbocycles. The lowest BCUT2D eigenvalue weighted by molar-refractivity contribution is -0.131. The van der Waals surface area contributed by atoms with Crippen LogP contribution in [0.1, 0.15) is 12.5 Å². The van der Waals surface area contributed by atoms with E-state index in [1.54, 1.807) is 6.08 Å². The summed E-state index contributed by atoms with van der Waals surface area (Å²) in [6, 6.07) is 14.6. The molecule has 2 N–H and O–H groups in total. The first-order valence-electron chi connectivity index (χ1n) is 7.30. The second-order valence-corrected chi connectivity index (χ2v) is 4.94. The molecular weight excluding hydrogens is 311 g/mol. The number of halogens is 1. The summed E-state index contributed by atoms with van der Waals surface area (Å²) in [5.74, 6) is -1.03. The summed E-state index contributed by atoms with van der Waals surface area (Å²) in [6.07, 6.45) is 2.08. The lowest BCUT2D eigenvalue weighted by atomic mass is 10.2. The molecule has 0 radical (unpaired) electrons. The van der Waals surface area contributed by atoms with E-state index in [-0.39, 0.29) is 0 Å². The van der Waals surface area contributed by atoms with Crippen LogP contribution in [0.5, 0.6) is 5.75 Å². The highest BCUT2D eigenvalue weighted by Crippen LogP contribution is 2.12. The Hall–Kier alpha value is -3.15. The van der Waals surface area contributed by atoms with Crippen LogP contribution >= 0.6 is 0 Å². The molecule has 0 aliphatic carbocycles. The van der Waals surface area contributed by atoms with Gasteiger partial charge in [-0.3, -0.25) is 20.4 Å². The molecule has 6 heteroatoms. The first-order valence-corrected chi connectivity index (χ1v) is 7.30. The van der Waals surface area contributed by atoms with Crippen LogP contribution in [0.15, 0.2) is 60.7 Å². The molecule has 2 rings (SSSR count). The number of hydrogen-bond acceptors (Lipinski definition) is 3. The second-order valence-electron chi connectivity index (χ2n) is 4.94. The predicted molar refractivity (Wildman–Crippen MR) is 88.3 cm³/mol. The molecule has 0 bridgehead atoms. The Morgan fingerprint density at radius 3 is 2.38 bits per heavy atom. The van der Waals surface area contributed by atoms with Gasteiger partial charge in [0.2, 0.25) is 0 Å². The van der Waals surface area contributed by atoms with Crippen molar-refractivity contribution in [2.75, 3.05) is 0 Å². The molecule has 24 heavy (non-hydrogen) atoms. The standard InChI is InChI=1S/C18H17FN2O3/c1-13(24-16-10-8-15(19)9-11-16)18(23)21-20-17(22)12-7-14-5-3-2-4-6-14/h2-13H,1H3,(H,20,22)(H,21,23)/b12-7+/t13-/m0/s1. The van der Waals surface area contributed by atoms with E-state index in [9.17, 15) is 14.0 Å². The largest absolute Gasteiger partial charge is 0.481 e. The van der Waals surface area contributed by atoms with Crippen LogP contribution in [-0.2, 0) is 9.59 Å². The molecule has 0 saturated carbocycles. The average molecular weight is 328 g/mol. The third-order valence-corrected chi connectivity index (χ3v) is 3.03. The molecule has 0 aliphatic rings. The monoisotopic (exact) mass is 328 g/mol. The van der Waals surface area contributed by atoms with Gasteiger partial charge in [0.1, 0.15) is 11.6 Å². The fourth-order valence-corrected chi connectivity index (χ4v) is 1.77. The first-order chi connectivity index (χ1) is 11.5. The zero-order valence-electron chi connectivity index (χ0n) is 13.0. The van der Waals surface area contributed by atoms with Crippen molar-refractivity contribution in [3.63, 3.8) is 0 Å². The molecular formula is C18H17FN2O3. The van der Waals surface area contributed by atoms with Gasteiger partial charge in [-0.15, -0.1) is 0 Å². The van der Waals surface area contributed by atoms with Gasteiger partial charge in [-0.05, 0) is 42.8 Å². The Morgan fingerprint density at radius 1 is 1.04 bits per heavy atom. The zero-order valence-corrected chi connectivity index (χ0v) is 13.0. The summed E-state index contributed by atoms with van der Waals surface area (Å²) in [4.78, 5) is 23.5. The van der Waals surface area contributed by atoms with Gasteiger partial charge in [-0.2, -0.15) is 0 Å². The lowest BCUT2D eigenvalue weighted by Gasteiger charge is -2.14. The van der Waals surface area contributed by atoms with E-state index in [1.165, 1.54) is 37.3 Å². The van der Waals surface area contributed by atoms with E-state index >= 15 is 0 Å². The molecule has 0 fully saturated rings. The SMILES string of the molecule is C[C@H](Oc1ccc(F)cc1)C(=O)NNC(=O)/C=C/c1ccccc1. The normalized spacial score (nSPS) is 11.8. The van der Waals surface area contributed by atoms with E-state index in [4.69, 9.17) is 4.74 Å². The van der Waals surface area contributed by atoms with E-state index in [2.05, 4.69) is 10.9 Å². The fraction of sp³-hybridized carbons (Fsp3) is 0.111. The number of amides is 2. The van der Waals surface area contributed by atoms with Crippen LogP contribution in [-0.4, -0.2) is 17.9 Å². The third-order valence-electron chi connectivity index (χ3n) is 3.03. The van der Waals surface area contributed by atoms with E-state index in [0.29, 0.717) is 5.75 Å². The van der Waals surface area contributed by atoms with Crippen LogP contribution < -0.4 is 15.6 Å². The number of nitrogens with one attached hydrogen (secondary N) is 2. The van der Waals surface area contributed by atoms with Crippen molar-refractivity contribution in [3.8, 4) is 5.75 Å². The highest BCUT2D eigenvalue weighted by molar-refractivity contribution is 5.93. The van der Waals surface area contributed by atoms with Gasteiger partial charge in [-0.25, -0.2) is 4.39 Å². The van der Waals surface area contributed by atoms with E-state index < -0.39 is 23.7 Å². The van der Waals surface area contributed by atoms with E-state index in [0.717, 1.165) is 5.56 Å². The molecule has 1 atom stereocenters. The van der Waals surface area contributed by atoms with Gasteiger partial charge in [0, 0.05) is 6.08 Å². The number of benzene rings is 2. The summed E-state index contributed by atoms with van der Waals surface area (Å²) in [7, 11) is 0. The molecule has 0 saturated heterocycles. The topological polar surface area (TPSA) is 67.4 Å². The van der Waals surface area contributed by atoms with Crippen LogP contribution in [0.4, 0.5) is 4.39 Å². The smallest absolute Gasteiger partial charge is 0.279 e. The molecule has 0 aliphatic heterocycles. The minimum Gasteiger partial charge on any atom is -0.481 e. The average Bonchev–Trinajstić information content (AvgIpc) is 2.60. The summed E-state index contributed by atoms with van der Waals surface area (Å²) in [6.45, 7) is 1.52. The summed E-state index contributed by atoms with van der Waals surface area (Å²) in [5.41, 5.74) is 5.39. The van der Waals surface area contributed by atoms with Crippen molar-refractivity contribution in [1.29, 1.82) is 0 Å². The van der Waals surface area contributed by atoms with E-state index in [1.807, 2.05) is 30.3 Å². The molecule has 0 aromatic heterocycles. The van der Waals surface area contributed by atoms with Crippen molar-refractivity contribution in [2.24, 2.45) is 0 Å². The van der Waals surface area contributed by atoms with Crippen molar-refractivity contribution >= 4 is 17.9 Å². The lowest BCUT2D eigenvalue weighted by Crippen LogP contribution is -2.46. The number of ether oxygens (including phenoxy) is 1. The minimum atomic E-state index is -0.853. The molecule has 0 unspecified atom stereocenters. The zero-order chi connectivity index (χ0) is 17.4. The van der Waals surface area contributed by atoms with Crippen molar-refractivity contribution in [2.45, 2.75) is 13.0 Å². The Labute approximate surface area is 139 Å². The van der Waals surface area contributed by atoms with Crippen LogP contribution in [0.2, 0.25) is 0 Å². The highest BCUT2D eigenvalue weighted by atomic mass is 19.1. The predicted octanol–water partition coefficient (Wildman–Crippen LogP) is 2.45. The number of rotatable bonds is 5.